The molecule has 1 aliphatic carbocycles. The molecule has 190 valence electrons. The van der Waals surface area contributed by atoms with Gasteiger partial charge >= 0.3 is 5.91 Å². The third kappa shape index (κ3) is 4.82. The Kier molecular flexibility index (Phi) is 6.24. The smallest absolute Gasteiger partial charge is 0.302 e. The zero-order valence-corrected chi connectivity index (χ0v) is 21.4. The molecule has 0 radical (unpaired) electrons. The maximum Gasteiger partial charge on any atom is 0.302 e. The van der Waals surface area contributed by atoms with Crippen LogP contribution in [0.2, 0.25) is 0 Å². The second-order valence-electron chi connectivity index (χ2n) is 11.3. The van der Waals surface area contributed by atoms with Gasteiger partial charge in [-0.2, -0.15) is 0 Å². The monoisotopic (exact) mass is 490 g/mol. The van der Waals surface area contributed by atoms with E-state index in [-0.39, 0.29) is 12.5 Å². The number of nitrogens with zero attached hydrogens (tertiary/aromatic N) is 4. The Morgan fingerprint density at radius 3 is 2.56 bits per heavy atom. The van der Waals surface area contributed by atoms with Crippen LogP contribution >= 0.6 is 0 Å². The molecule has 1 amide bonds. The van der Waals surface area contributed by atoms with Gasteiger partial charge in [0.25, 0.3) is 0 Å². The largest absolute Gasteiger partial charge is 0.497 e. The lowest BCUT2D eigenvalue weighted by molar-refractivity contribution is -0.120. The number of rotatable bonds is 7. The molecule has 2 bridgehead atoms. The molecule has 1 saturated heterocycles. The average Bonchev–Trinajstić information content (AvgIpc) is 3.24. The molecule has 8 nitrogen and oxygen atoms in total. The minimum Gasteiger partial charge on any atom is -0.497 e. The molecule has 2 atom stereocenters. The van der Waals surface area contributed by atoms with Gasteiger partial charge in [-0.1, -0.05) is 39.0 Å². The van der Waals surface area contributed by atoms with E-state index in [9.17, 15) is 9.90 Å². The first kappa shape index (κ1) is 24.3. The SMILES string of the molecule is COc1ccc(OCC(=O)N=Nc2c(O)n(CN3C[C@@]4(C)C[C@H]3CC(C)(C)C4)c3ccccc23)cc1. The molecule has 5 rings (SSSR count). The van der Waals surface area contributed by atoms with E-state index >= 15 is 0 Å². The highest BCUT2D eigenvalue weighted by molar-refractivity contribution is 5.95. The van der Waals surface area contributed by atoms with Crippen molar-refractivity contribution in [2.75, 3.05) is 20.3 Å². The Hall–Kier alpha value is -3.39. The summed E-state index contributed by atoms with van der Waals surface area (Å²) >= 11 is 0. The Bertz CT molecular complexity index is 1300. The van der Waals surface area contributed by atoms with E-state index in [2.05, 4.69) is 35.9 Å². The van der Waals surface area contributed by atoms with Crippen molar-refractivity contribution in [3.05, 3.63) is 48.5 Å². The van der Waals surface area contributed by atoms with Crippen molar-refractivity contribution in [2.24, 2.45) is 21.1 Å². The first-order valence-electron chi connectivity index (χ1n) is 12.4. The minimum absolute atomic E-state index is 0.0229. The second-order valence-corrected chi connectivity index (χ2v) is 11.3. The molecule has 0 unspecified atom stereocenters. The average molecular weight is 491 g/mol. The lowest BCUT2D eigenvalue weighted by Crippen LogP contribution is -2.35. The summed E-state index contributed by atoms with van der Waals surface area (Å²) < 4.78 is 12.5. The number of benzene rings is 2. The number of ether oxygens (including phenoxy) is 2. The molecule has 36 heavy (non-hydrogen) atoms. The highest BCUT2D eigenvalue weighted by atomic mass is 16.5. The summed E-state index contributed by atoms with van der Waals surface area (Å²) in [4.78, 5) is 14.8. The Balaban J connectivity index is 1.33. The number of carbonyl (C=O) groups is 1. The molecule has 2 aliphatic rings. The normalized spacial score (nSPS) is 23.4. The van der Waals surface area contributed by atoms with Crippen molar-refractivity contribution in [1.82, 2.24) is 9.47 Å². The predicted octanol–water partition coefficient (Wildman–Crippen LogP) is 5.90. The standard InChI is InChI=1S/C28H34N4O4/c1-27(2)13-19-14-28(3,16-27)17-31(19)18-32-23-8-6-5-7-22(23)25(26(32)34)30-29-24(33)15-36-21-11-9-20(35-4)10-12-21/h5-12,19,34H,13-18H2,1-4H3/t19-,28+/m1/s1. The first-order valence-corrected chi connectivity index (χ1v) is 12.4. The third-order valence-electron chi connectivity index (χ3n) is 7.45. The maximum absolute atomic E-state index is 12.4. The Morgan fingerprint density at radius 1 is 1.08 bits per heavy atom. The van der Waals surface area contributed by atoms with E-state index in [1.807, 2.05) is 28.8 Å². The summed E-state index contributed by atoms with van der Waals surface area (Å²) in [5.74, 6) is 0.724. The zero-order chi connectivity index (χ0) is 25.5. The number of aromatic hydroxyl groups is 1. The molecular formula is C28H34N4O4. The van der Waals surface area contributed by atoms with Gasteiger partial charge in [0, 0.05) is 18.0 Å². The molecular weight excluding hydrogens is 456 g/mol. The quantitative estimate of drug-likeness (QED) is 0.416. The van der Waals surface area contributed by atoms with Crippen LogP contribution in [0, 0.1) is 10.8 Å². The van der Waals surface area contributed by atoms with Crippen LogP contribution in [-0.2, 0) is 11.5 Å². The van der Waals surface area contributed by atoms with Crippen LogP contribution in [0.5, 0.6) is 17.4 Å². The lowest BCUT2D eigenvalue weighted by Gasteiger charge is -2.40. The summed E-state index contributed by atoms with van der Waals surface area (Å²) in [5.41, 5.74) is 1.79. The molecule has 1 aromatic heterocycles. The third-order valence-corrected chi connectivity index (χ3v) is 7.45. The first-order chi connectivity index (χ1) is 17.2. The molecule has 1 N–H and O–H groups in total. The van der Waals surface area contributed by atoms with Gasteiger partial charge in [0.15, 0.2) is 12.3 Å². The van der Waals surface area contributed by atoms with Crippen LogP contribution in [0.25, 0.3) is 10.9 Å². The number of hydrogen-bond donors (Lipinski definition) is 1. The van der Waals surface area contributed by atoms with Crippen molar-refractivity contribution in [3.63, 3.8) is 0 Å². The summed E-state index contributed by atoms with van der Waals surface area (Å²) in [7, 11) is 1.59. The molecule has 8 heteroatoms. The van der Waals surface area contributed by atoms with Crippen molar-refractivity contribution >= 4 is 22.5 Å². The van der Waals surface area contributed by atoms with Gasteiger partial charge in [-0.15, -0.1) is 10.2 Å². The van der Waals surface area contributed by atoms with Gasteiger partial charge < -0.3 is 14.6 Å². The number of fused-ring (bicyclic) bond motifs is 3. The van der Waals surface area contributed by atoms with Gasteiger partial charge in [-0.25, -0.2) is 0 Å². The summed E-state index contributed by atoms with van der Waals surface area (Å²) in [6.07, 6.45) is 3.55. The number of para-hydroxylation sites is 1. The molecule has 2 fully saturated rings. The van der Waals surface area contributed by atoms with Crippen LogP contribution in [0.3, 0.4) is 0 Å². The van der Waals surface area contributed by atoms with Gasteiger partial charge in [-0.3, -0.25) is 14.3 Å². The summed E-state index contributed by atoms with van der Waals surface area (Å²) in [6, 6.07) is 15.1. The molecule has 3 aromatic rings. The fraction of sp³-hybridized carbons (Fsp3) is 0.464. The number of methoxy groups -OCH3 is 1. The predicted molar refractivity (Wildman–Crippen MR) is 138 cm³/mol. The van der Waals surface area contributed by atoms with E-state index in [1.54, 1.807) is 31.4 Å². The Labute approximate surface area is 211 Å². The van der Waals surface area contributed by atoms with Gasteiger partial charge in [0.1, 0.15) is 11.5 Å². The molecule has 2 heterocycles. The minimum atomic E-state index is -0.537. The van der Waals surface area contributed by atoms with E-state index in [1.165, 1.54) is 12.8 Å². The van der Waals surface area contributed by atoms with Crippen molar-refractivity contribution in [1.29, 1.82) is 0 Å². The zero-order valence-electron chi connectivity index (χ0n) is 21.4. The number of hydrogen-bond acceptors (Lipinski definition) is 6. The number of aromatic nitrogens is 1. The van der Waals surface area contributed by atoms with Crippen molar-refractivity contribution < 1.29 is 19.4 Å². The van der Waals surface area contributed by atoms with E-state index in [4.69, 9.17) is 9.47 Å². The summed E-state index contributed by atoms with van der Waals surface area (Å²) in [6.45, 7) is 8.43. The van der Waals surface area contributed by atoms with Crippen LogP contribution in [-0.4, -0.2) is 46.8 Å². The van der Waals surface area contributed by atoms with Gasteiger partial charge in [0.05, 0.1) is 19.3 Å². The number of likely N-dealkylation sites (tertiary alicyclic amines) is 1. The molecule has 1 saturated carbocycles. The van der Waals surface area contributed by atoms with E-state index < -0.39 is 5.91 Å². The van der Waals surface area contributed by atoms with E-state index in [0.29, 0.717) is 40.7 Å². The van der Waals surface area contributed by atoms with Crippen molar-refractivity contribution in [3.8, 4) is 17.4 Å². The molecule has 0 spiro atoms. The second kappa shape index (κ2) is 9.24. The number of amides is 1. The maximum atomic E-state index is 12.4. The van der Waals surface area contributed by atoms with Gasteiger partial charge in [0.2, 0.25) is 5.88 Å². The van der Waals surface area contributed by atoms with Crippen LogP contribution in [0.15, 0.2) is 58.8 Å². The summed E-state index contributed by atoms with van der Waals surface area (Å²) in [5, 5.41) is 19.9. The van der Waals surface area contributed by atoms with Crippen LogP contribution in [0.1, 0.15) is 40.0 Å². The van der Waals surface area contributed by atoms with Crippen LogP contribution < -0.4 is 9.47 Å². The molecule has 1 aliphatic heterocycles. The topological polar surface area (TPSA) is 88.6 Å². The fourth-order valence-electron chi connectivity index (χ4n) is 6.39. The highest BCUT2D eigenvalue weighted by Crippen LogP contribution is 2.53. The lowest BCUT2D eigenvalue weighted by atomic mass is 9.65. The van der Waals surface area contributed by atoms with Crippen LogP contribution in [0.4, 0.5) is 5.69 Å². The number of azo groups is 1. The van der Waals surface area contributed by atoms with Crippen molar-refractivity contribution in [2.45, 2.75) is 52.7 Å². The Morgan fingerprint density at radius 2 is 1.81 bits per heavy atom. The van der Waals surface area contributed by atoms with Gasteiger partial charge in [-0.05, 0) is 60.4 Å². The fourth-order valence-corrected chi connectivity index (χ4v) is 6.39. The number of carbonyl (C=O) groups excluding carboxylic acids is 1. The van der Waals surface area contributed by atoms with E-state index in [0.717, 1.165) is 23.9 Å². The highest BCUT2D eigenvalue weighted by Gasteiger charge is 2.49. The molecule has 2 aromatic carbocycles.